The third kappa shape index (κ3) is 16.7. The minimum absolute atomic E-state index is 0.00448. The topological polar surface area (TPSA) is 312 Å². The predicted octanol–water partition coefficient (Wildman–Crippen LogP) is 1.52. The number of phosphoric ester groups is 1. The first-order chi connectivity index (χ1) is 25.5. The molecule has 1 aliphatic heterocycles. The first-order valence-corrected chi connectivity index (χ1v) is 23.3. The Morgan fingerprint density at radius 3 is 2.36 bits per heavy atom. The molecule has 55 heavy (non-hydrogen) atoms. The van der Waals surface area contributed by atoms with E-state index in [1.165, 1.54) is 34.7 Å². The van der Waals surface area contributed by atoms with Gasteiger partial charge in [-0.2, -0.15) is 8.62 Å². The molecule has 3 unspecified atom stereocenters. The number of phosphoric acid groups is 3. The number of nitrogens with zero attached hydrogens (tertiary/aromatic N) is 1. The molecular weight excluding hydrogens is 832 g/mol. The summed E-state index contributed by atoms with van der Waals surface area (Å²) in [6.45, 7) is 6.09. The number of ether oxygens (including phenoxy) is 2. The van der Waals surface area contributed by atoms with E-state index in [4.69, 9.17) is 23.8 Å². The van der Waals surface area contributed by atoms with Gasteiger partial charge in [-0.05, 0) is 51.2 Å². The SMILES string of the molecule is CB(O)c1ccc(C(=O)NCCCCC(=O)NCC(C)(C)SSCOC2C[C@H](n3cc(C)c(=O)[nH]c3=O)O[C@@H]2COP(=O)(O)OP(=O)(O)OP(=O)(O)O)cc1. The van der Waals surface area contributed by atoms with Crippen LogP contribution < -0.4 is 27.3 Å². The first kappa shape index (κ1) is 47.3. The van der Waals surface area contributed by atoms with E-state index in [1.54, 1.807) is 31.1 Å². The number of nitrogens with one attached hydrogen (secondary N) is 3. The summed E-state index contributed by atoms with van der Waals surface area (Å²) >= 11 is 0. The van der Waals surface area contributed by atoms with Crippen LogP contribution in [-0.2, 0) is 41.1 Å². The minimum Gasteiger partial charge on any atom is -0.447 e. The van der Waals surface area contributed by atoms with Gasteiger partial charge in [-0.1, -0.05) is 40.5 Å². The molecule has 1 fully saturated rings. The number of aromatic nitrogens is 2. The average molecular weight is 877 g/mol. The molecule has 1 saturated heterocycles. The summed E-state index contributed by atoms with van der Waals surface area (Å²) in [5, 5.41) is 15.3. The Hall–Kier alpha value is -2.11. The second-order valence-electron chi connectivity index (χ2n) is 12.8. The molecule has 1 aromatic heterocycles. The van der Waals surface area contributed by atoms with Crippen LogP contribution in [0, 0.1) is 6.92 Å². The van der Waals surface area contributed by atoms with Gasteiger partial charge in [0.2, 0.25) is 5.91 Å². The van der Waals surface area contributed by atoms with E-state index in [0.717, 1.165) is 4.57 Å². The van der Waals surface area contributed by atoms with E-state index in [-0.39, 0.29) is 36.2 Å². The van der Waals surface area contributed by atoms with Crippen LogP contribution >= 0.6 is 45.1 Å². The van der Waals surface area contributed by atoms with Crippen molar-refractivity contribution < 1.29 is 70.5 Å². The lowest BCUT2D eigenvalue weighted by Crippen LogP contribution is -2.36. The Morgan fingerprint density at radius 1 is 1.05 bits per heavy atom. The molecule has 2 heterocycles. The number of unbranched alkanes of at least 4 members (excludes halogenated alkanes) is 1. The Kier molecular flexibility index (Phi) is 17.7. The van der Waals surface area contributed by atoms with Crippen molar-refractivity contribution in [1.29, 1.82) is 0 Å². The first-order valence-electron chi connectivity index (χ1n) is 16.5. The van der Waals surface area contributed by atoms with Crippen LogP contribution in [0.4, 0.5) is 0 Å². The summed E-state index contributed by atoms with van der Waals surface area (Å²) in [5.41, 5.74) is -0.0865. The van der Waals surface area contributed by atoms with Gasteiger partial charge in [0.25, 0.3) is 11.5 Å². The zero-order valence-corrected chi connectivity index (χ0v) is 34.4. The van der Waals surface area contributed by atoms with E-state index >= 15 is 0 Å². The number of aryl methyl sites for hydroxylation is 1. The van der Waals surface area contributed by atoms with Gasteiger partial charge in [-0.15, -0.1) is 0 Å². The van der Waals surface area contributed by atoms with Gasteiger partial charge in [0.15, 0.2) is 0 Å². The molecule has 1 aliphatic rings. The average Bonchev–Trinajstić information content (AvgIpc) is 3.47. The van der Waals surface area contributed by atoms with Gasteiger partial charge in [0, 0.05) is 48.0 Å². The van der Waals surface area contributed by atoms with Gasteiger partial charge in [-0.3, -0.25) is 28.5 Å². The smallest absolute Gasteiger partial charge is 0.447 e. The number of benzene rings is 1. The summed E-state index contributed by atoms with van der Waals surface area (Å²) in [7, 11) is -14.2. The Bertz CT molecular complexity index is 1890. The number of hydrogen-bond acceptors (Lipinski definition) is 15. The van der Waals surface area contributed by atoms with Crippen molar-refractivity contribution >= 4 is 69.2 Å². The fraction of sp³-hybridized carbons (Fsp3) is 0.571. The lowest BCUT2D eigenvalue weighted by Gasteiger charge is -2.24. The Labute approximate surface area is 323 Å². The number of hydrogen-bond donors (Lipinski definition) is 8. The molecule has 0 aliphatic carbocycles. The Balaban J connectivity index is 1.46. The van der Waals surface area contributed by atoms with E-state index in [2.05, 4.69) is 24.2 Å². The number of carbonyl (C=O) groups excluding carboxylic acids is 2. The van der Waals surface area contributed by atoms with E-state index < -0.39 is 71.4 Å². The molecule has 0 radical (unpaired) electrons. The summed E-state index contributed by atoms with van der Waals surface area (Å²) in [6.07, 6.45) is -0.594. The predicted molar refractivity (Wildman–Crippen MR) is 203 cm³/mol. The lowest BCUT2D eigenvalue weighted by atomic mass is 9.64. The van der Waals surface area contributed by atoms with Gasteiger partial charge in [-0.25, -0.2) is 18.5 Å². The van der Waals surface area contributed by atoms with Gasteiger partial charge >= 0.3 is 36.1 Å². The van der Waals surface area contributed by atoms with Crippen molar-refractivity contribution in [2.45, 2.75) is 76.5 Å². The van der Waals surface area contributed by atoms with Crippen LogP contribution in [0.2, 0.25) is 6.82 Å². The maximum Gasteiger partial charge on any atom is 0.490 e. The summed E-state index contributed by atoms with van der Waals surface area (Å²) < 4.78 is 59.5. The maximum atomic E-state index is 12.5. The molecule has 2 amide bonds. The van der Waals surface area contributed by atoms with Crippen molar-refractivity contribution in [1.82, 2.24) is 20.2 Å². The van der Waals surface area contributed by atoms with Crippen LogP contribution in [0.5, 0.6) is 0 Å². The van der Waals surface area contributed by atoms with E-state index in [9.17, 15) is 47.7 Å². The molecule has 27 heteroatoms. The van der Waals surface area contributed by atoms with Crippen molar-refractivity contribution in [2.75, 3.05) is 25.6 Å². The Morgan fingerprint density at radius 2 is 1.73 bits per heavy atom. The molecule has 21 nitrogen and oxygen atoms in total. The second-order valence-corrected chi connectivity index (χ2v) is 20.2. The van der Waals surface area contributed by atoms with E-state index in [1.807, 2.05) is 13.8 Å². The zero-order valence-electron chi connectivity index (χ0n) is 30.1. The molecule has 0 spiro atoms. The molecule has 0 bridgehead atoms. The van der Waals surface area contributed by atoms with Crippen LogP contribution in [-0.4, -0.2) is 95.5 Å². The highest BCUT2D eigenvalue weighted by molar-refractivity contribution is 8.77. The van der Waals surface area contributed by atoms with Crippen molar-refractivity contribution in [3.05, 3.63) is 62.4 Å². The number of H-pyrrole nitrogens is 1. The normalized spacial score (nSPS) is 19.7. The monoisotopic (exact) mass is 876 g/mol. The van der Waals surface area contributed by atoms with Crippen molar-refractivity contribution in [3.8, 4) is 0 Å². The second kappa shape index (κ2) is 20.5. The van der Waals surface area contributed by atoms with E-state index in [0.29, 0.717) is 37.0 Å². The van der Waals surface area contributed by atoms with Crippen LogP contribution in [0.1, 0.15) is 61.7 Å². The van der Waals surface area contributed by atoms with Gasteiger partial charge in [0.1, 0.15) is 18.3 Å². The van der Waals surface area contributed by atoms with Gasteiger partial charge in [0.05, 0.1) is 12.7 Å². The number of carbonyl (C=O) groups is 2. The van der Waals surface area contributed by atoms with Gasteiger partial charge < -0.3 is 44.7 Å². The highest BCUT2D eigenvalue weighted by atomic mass is 33.1. The number of aromatic amines is 1. The summed E-state index contributed by atoms with van der Waals surface area (Å²) in [6, 6.07) is 6.64. The lowest BCUT2D eigenvalue weighted by molar-refractivity contribution is -0.121. The molecule has 2 aromatic rings. The van der Waals surface area contributed by atoms with Crippen molar-refractivity contribution in [2.24, 2.45) is 0 Å². The molecule has 0 saturated carbocycles. The van der Waals surface area contributed by atoms with Crippen LogP contribution in [0.3, 0.4) is 0 Å². The molecule has 5 atom stereocenters. The quantitative estimate of drug-likeness (QED) is 0.0273. The minimum atomic E-state index is -5.77. The number of rotatable bonds is 22. The maximum absolute atomic E-state index is 12.5. The largest absolute Gasteiger partial charge is 0.490 e. The third-order valence-electron chi connectivity index (χ3n) is 7.55. The molecular formula is C28H44BN4O17P3S2. The molecule has 8 N–H and O–H groups in total. The molecule has 3 rings (SSSR count). The van der Waals surface area contributed by atoms with Crippen LogP contribution in [0.15, 0.2) is 40.1 Å². The summed E-state index contributed by atoms with van der Waals surface area (Å²) in [4.78, 5) is 88.1. The molecule has 308 valence electrons. The highest BCUT2D eigenvalue weighted by Gasteiger charge is 2.43. The zero-order chi connectivity index (χ0) is 41.2. The number of amides is 2. The van der Waals surface area contributed by atoms with Crippen molar-refractivity contribution in [3.63, 3.8) is 0 Å². The van der Waals surface area contributed by atoms with Crippen LogP contribution in [0.25, 0.3) is 0 Å². The summed E-state index contributed by atoms with van der Waals surface area (Å²) in [5.74, 6) is -0.416. The fourth-order valence-electron chi connectivity index (χ4n) is 4.82. The standard InChI is InChI=1S/C28H44BN4O17P3S2/c1-18-14-33(27(37)32-25(18)35)24-13-21(22(48-24)15-47-52(42,43)50-53(44,45)49-51(39,40)41)46-17-54-55-28(2,3)16-31-23(34)7-5-6-12-30-26(36)19-8-10-20(11-9-19)29(4)38/h8-11,14,21-22,24,38H,5-7,12-13,15-17H2,1-4H3,(H,30,36)(H,31,34)(H,42,43)(H,44,45)(H,32,35,37)(H2,39,40,41)/t21?,22-,24-/m1/s1. The highest BCUT2D eigenvalue weighted by Crippen LogP contribution is 2.66. The fourth-order valence-corrected chi connectivity index (χ4v) is 10.0. The molecule has 1 aromatic carbocycles. The third-order valence-corrected chi connectivity index (χ3v) is 14.3.